The fourth-order valence-corrected chi connectivity index (χ4v) is 2.73. The summed E-state index contributed by atoms with van der Waals surface area (Å²) in [5.74, 6) is 0. The third kappa shape index (κ3) is 1.36. The molecule has 68 valence electrons. The summed E-state index contributed by atoms with van der Waals surface area (Å²) in [6.07, 6.45) is 0. The van der Waals surface area contributed by atoms with Crippen molar-refractivity contribution < 1.29 is 0 Å². The number of thiophene rings is 1. The summed E-state index contributed by atoms with van der Waals surface area (Å²) in [5.41, 5.74) is 8.51. The summed E-state index contributed by atoms with van der Waals surface area (Å²) in [7, 11) is 0. The zero-order chi connectivity index (χ0) is 9.42. The monoisotopic (exact) mass is 191 g/mol. The number of nitrogens with two attached hydrogens (primary N) is 1. The molecule has 0 aliphatic heterocycles. The molecule has 1 heterocycles. The molecule has 0 aliphatic rings. The van der Waals surface area contributed by atoms with Crippen molar-refractivity contribution in [3.8, 4) is 0 Å². The Bertz CT molecular complexity index is 429. The van der Waals surface area contributed by atoms with Gasteiger partial charge in [0, 0.05) is 10.7 Å². The molecule has 0 saturated carbocycles. The van der Waals surface area contributed by atoms with Crippen molar-refractivity contribution in [1.29, 1.82) is 0 Å². The Morgan fingerprint density at radius 2 is 2.15 bits per heavy atom. The average Bonchev–Trinajstić information content (AvgIpc) is 2.48. The van der Waals surface area contributed by atoms with E-state index in [9.17, 15) is 0 Å². The Kier molecular flexibility index (Phi) is 2.10. The van der Waals surface area contributed by atoms with Crippen LogP contribution in [0.3, 0.4) is 0 Å². The molecule has 1 aromatic carbocycles. The Morgan fingerprint density at radius 3 is 2.85 bits per heavy atom. The fourth-order valence-electron chi connectivity index (χ4n) is 1.57. The van der Waals surface area contributed by atoms with Gasteiger partial charge in [-0.2, -0.15) is 0 Å². The molecule has 1 nitrogen and oxygen atoms in total. The second-order valence-corrected chi connectivity index (χ2v) is 4.31. The molecule has 0 saturated heterocycles. The first-order valence-corrected chi connectivity index (χ1v) is 5.30. The average molecular weight is 191 g/mol. The van der Waals surface area contributed by atoms with Crippen LogP contribution >= 0.6 is 11.3 Å². The van der Waals surface area contributed by atoms with E-state index in [1.807, 2.05) is 6.92 Å². The van der Waals surface area contributed by atoms with E-state index in [0.29, 0.717) is 0 Å². The zero-order valence-corrected chi connectivity index (χ0v) is 8.69. The molecule has 0 amide bonds. The first-order valence-electron chi connectivity index (χ1n) is 4.42. The summed E-state index contributed by atoms with van der Waals surface area (Å²) in [6, 6.07) is 6.48. The van der Waals surface area contributed by atoms with Gasteiger partial charge in [-0.1, -0.05) is 18.2 Å². The lowest BCUT2D eigenvalue weighted by Gasteiger charge is -2.06. The lowest BCUT2D eigenvalue weighted by atomic mass is 10.1. The first-order chi connectivity index (χ1) is 6.20. The molecule has 1 atom stereocenters. The van der Waals surface area contributed by atoms with Crippen molar-refractivity contribution in [2.75, 3.05) is 0 Å². The van der Waals surface area contributed by atoms with Crippen LogP contribution in [0.2, 0.25) is 0 Å². The molecule has 2 N–H and O–H groups in total. The van der Waals surface area contributed by atoms with Crippen LogP contribution in [-0.2, 0) is 0 Å². The van der Waals surface area contributed by atoms with Crippen LogP contribution < -0.4 is 5.73 Å². The van der Waals surface area contributed by atoms with Crippen LogP contribution in [0.4, 0.5) is 0 Å². The number of rotatable bonds is 1. The number of hydrogen-bond donors (Lipinski definition) is 1. The molecule has 0 bridgehead atoms. The molecule has 2 heteroatoms. The van der Waals surface area contributed by atoms with E-state index in [-0.39, 0.29) is 6.04 Å². The van der Waals surface area contributed by atoms with Crippen LogP contribution in [0, 0.1) is 6.92 Å². The highest BCUT2D eigenvalue weighted by Gasteiger charge is 2.07. The number of aryl methyl sites for hydroxylation is 1. The lowest BCUT2D eigenvalue weighted by Crippen LogP contribution is -2.04. The van der Waals surface area contributed by atoms with E-state index < -0.39 is 0 Å². The van der Waals surface area contributed by atoms with Gasteiger partial charge >= 0.3 is 0 Å². The lowest BCUT2D eigenvalue weighted by molar-refractivity contribution is 0.828. The van der Waals surface area contributed by atoms with Gasteiger partial charge in [0.2, 0.25) is 0 Å². The smallest absolute Gasteiger partial charge is 0.0393 e. The van der Waals surface area contributed by atoms with Crippen LogP contribution in [0.5, 0.6) is 0 Å². The van der Waals surface area contributed by atoms with Gasteiger partial charge in [0.1, 0.15) is 0 Å². The summed E-state index contributed by atoms with van der Waals surface area (Å²) in [5, 5.41) is 3.54. The maximum absolute atomic E-state index is 5.90. The van der Waals surface area contributed by atoms with Crippen LogP contribution in [0.1, 0.15) is 24.1 Å². The van der Waals surface area contributed by atoms with Gasteiger partial charge in [-0.15, -0.1) is 11.3 Å². The minimum absolute atomic E-state index is 0.127. The van der Waals surface area contributed by atoms with Gasteiger partial charge in [-0.25, -0.2) is 0 Å². The minimum atomic E-state index is 0.127. The summed E-state index contributed by atoms with van der Waals surface area (Å²) in [4.78, 5) is 0. The van der Waals surface area contributed by atoms with Crippen LogP contribution in [0.25, 0.3) is 10.1 Å². The van der Waals surface area contributed by atoms with Crippen LogP contribution in [0.15, 0.2) is 23.6 Å². The largest absolute Gasteiger partial charge is 0.324 e. The fraction of sp³-hybridized carbons (Fsp3) is 0.273. The van der Waals surface area contributed by atoms with Crippen molar-refractivity contribution in [2.45, 2.75) is 19.9 Å². The number of hydrogen-bond acceptors (Lipinski definition) is 2. The molecule has 2 aromatic rings. The predicted octanol–water partition coefficient (Wildman–Crippen LogP) is 3.23. The topological polar surface area (TPSA) is 26.0 Å². The van der Waals surface area contributed by atoms with Crippen molar-refractivity contribution in [2.24, 2.45) is 5.73 Å². The third-order valence-electron chi connectivity index (χ3n) is 2.31. The third-order valence-corrected chi connectivity index (χ3v) is 3.48. The van der Waals surface area contributed by atoms with Gasteiger partial charge in [0.05, 0.1) is 0 Å². The number of fused-ring (bicyclic) bond motifs is 1. The molecule has 0 fully saturated rings. The Hall–Kier alpha value is -0.860. The molecule has 0 radical (unpaired) electrons. The normalized spacial score (nSPS) is 13.5. The summed E-state index contributed by atoms with van der Waals surface area (Å²) < 4.78 is 1.34. The first kappa shape index (κ1) is 8.73. The van der Waals surface area contributed by atoms with E-state index in [1.54, 1.807) is 11.3 Å². The van der Waals surface area contributed by atoms with Crippen molar-refractivity contribution in [3.63, 3.8) is 0 Å². The highest BCUT2D eigenvalue weighted by atomic mass is 32.1. The molecular weight excluding hydrogens is 178 g/mol. The molecule has 1 unspecified atom stereocenters. The van der Waals surface area contributed by atoms with Crippen molar-refractivity contribution in [1.82, 2.24) is 0 Å². The predicted molar refractivity (Wildman–Crippen MR) is 59.2 cm³/mol. The maximum Gasteiger partial charge on any atom is 0.0393 e. The summed E-state index contributed by atoms with van der Waals surface area (Å²) >= 11 is 1.79. The van der Waals surface area contributed by atoms with E-state index in [2.05, 4.69) is 30.5 Å². The van der Waals surface area contributed by atoms with E-state index in [1.165, 1.54) is 21.2 Å². The second-order valence-electron chi connectivity index (χ2n) is 3.43. The van der Waals surface area contributed by atoms with Crippen molar-refractivity contribution >= 4 is 21.4 Å². The highest BCUT2D eigenvalue weighted by molar-refractivity contribution is 7.17. The maximum atomic E-state index is 5.90. The Balaban J connectivity index is 2.77. The van der Waals surface area contributed by atoms with Gasteiger partial charge < -0.3 is 5.73 Å². The van der Waals surface area contributed by atoms with E-state index in [4.69, 9.17) is 5.73 Å². The van der Waals surface area contributed by atoms with E-state index >= 15 is 0 Å². The van der Waals surface area contributed by atoms with Crippen LogP contribution in [-0.4, -0.2) is 0 Å². The SMILES string of the molecule is Cc1csc2c(C(C)N)cccc12. The minimum Gasteiger partial charge on any atom is -0.324 e. The van der Waals surface area contributed by atoms with Gasteiger partial charge in [0.25, 0.3) is 0 Å². The second kappa shape index (κ2) is 3.13. The summed E-state index contributed by atoms with van der Waals surface area (Å²) in [6.45, 7) is 4.17. The Labute approximate surface area is 82.2 Å². The van der Waals surface area contributed by atoms with Gasteiger partial charge in [-0.3, -0.25) is 0 Å². The highest BCUT2D eigenvalue weighted by Crippen LogP contribution is 2.30. The van der Waals surface area contributed by atoms with E-state index in [0.717, 1.165) is 0 Å². The zero-order valence-electron chi connectivity index (χ0n) is 7.87. The quantitative estimate of drug-likeness (QED) is 0.735. The standard InChI is InChI=1S/C11H13NS/c1-7-6-13-11-9(7)4-3-5-10(11)8(2)12/h3-6,8H,12H2,1-2H3. The molecular formula is C11H13NS. The van der Waals surface area contributed by atoms with Gasteiger partial charge in [0.15, 0.2) is 0 Å². The van der Waals surface area contributed by atoms with Crippen molar-refractivity contribution in [3.05, 3.63) is 34.7 Å². The van der Waals surface area contributed by atoms with Gasteiger partial charge in [-0.05, 0) is 35.7 Å². The molecule has 0 aliphatic carbocycles. The molecule has 1 aromatic heterocycles. The molecule has 0 spiro atoms. The molecule has 2 rings (SSSR count). The molecule has 13 heavy (non-hydrogen) atoms. The number of benzene rings is 1. The Morgan fingerprint density at radius 1 is 1.38 bits per heavy atom.